The Balaban J connectivity index is 1.44. The maximum absolute atomic E-state index is 13.3. The molecule has 0 spiro atoms. The van der Waals surface area contributed by atoms with Crippen LogP contribution in [0.3, 0.4) is 0 Å². The number of ether oxygens (including phenoxy) is 2. The third-order valence-electron chi connectivity index (χ3n) is 6.73. The molecule has 0 aliphatic carbocycles. The van der Waals surface area contributed by atoms with E-state index in [1.807, 2.05) is 26.0 Å². The molecule has 0 atom stereocenters. The van der Waals surface area contributed by atoms with E-state index >= 15 is 0 Å². The molecule has 1 aliphatic heterocycles. The lowest BCUT2D eigenvalue weighted by atomic mass is 10.0. The molecular formula is C32H27BrN2O5. The number of fused-ring (bicyclic) bond motifs is 1. The Hall–Kier alpha value is -4.43. The van der Waals surface area contributed by atoms with Crippen molar-refractivity contribution in [2.45, 2.75) is 27.4 Å². The number of benzene rings is 4. The molecule has 7 nitrogen and oxygen atoms in total. The van der Waals surface area contributed by atoms with Crippen LogP contribution >= 0.6 is 15.9 Å². The molecule has 4 aromatic rings. The van der Waals surface area contributed by atoms with Crippen LogP contribution in [0, 0.1) is 13.8 Å². The molecule has 0 unspecified atom stereocenters. The summed E-state index contributed by atoms with van der Waals surface area (Å²) in [6.07, 6.45) is 1.45. The molecule has 202 valence electrons. The number of nitrogens with one attached hydrogen (secondary N) is 1. The van der Waals surface area contributed by atoms with Gasteiger partial charge in [0.1, 0.15) is 12.2 Å². The highest BCUT2D eigenvalue weighted by Gasteiger charge is 2.37. The van der Waals surface area contributed by atoms with Crippen molar-refractivity contribution in [3.05, 3.63) is 105 Å². The summed E-state index contributed by atoms with van der Waals surface area (Å²) in [7, 11) is 0. The van der Waals surface area contributed by atoms with Crippen LogP contribution in [-0.4, -0.2) is 24.5 Å². The number of imide groups is 2. The van der Waals surface area contributed by atoms with Gasteiger partial charge in [0.15, 0.2) is 11.5 Å². The maximum atomic E-state index is 13.3. The van der Waals surface area contributed by atoms with Crippen molar-refractivity contribution in [2.24, 2.45) is 0 Å². The number of barbiturate groups is 1. The molecule has 0 aromatic heterocycles. The number of carbonyl (C=O) groups is 3. The van der Waals surface area contributed by atoms with E-state index in [2.05, 4.69) is 52.4 Å². The molecule has 5 rings (SSSR count). The van der Waals surface area contributed by atoms with E-state index in [-0.39, 0.29) is 5.57 Å². The van der Waals surface area contributed by atoms with Crippen molar-refractivity contribution < 1.29 is 23.9 Å². The molecule has 0 radical (unpaired) electrons. The van der Waals surface area contributed by atoms with Gasteiger partial charge in [-0.25, -0.2) is 9.69 Å². The highest BCUT2D eigenvalue weighted by atomic mass is 79.9. The number of nitrogens with zero attached hydrogens (tertiary/aromatic N) is 1. The number of amides is 4. The van der Waals surface area contributed by atoms with Gasteiger partial charge in [-0.05, 0) is 84.6 Å². The Kier molecular flexibility index (Phi) is 7.71. The highest BCUT2D eigenvalue weighted by Crippen LogP contribution is 2.32. The topological polar surface area (TPSA) is 84.9 Å². The number of urea groups is 1. The molecule has 1 saturated heterocycles. The van der Waals surface area contributed by atoms with Gasteiger partial charge in [-0.3, -0.25) is 14.9 Å². The molecule has 8 heteroatoms. The molecule has 4 aromatic carbocycles. The minimum atomic E-state index is -0.795. The Bertz CT molecular complexity index is 1690. The second-order valence-electron chi connectivity index (χ2n) is 9.40. The smallest absolute Gasteiger partial charge is 0.335 e. The quantitative estimate of drug-likeness (QED) is 0.185. The van der Waals surface area contributed by atoms with Crippen molar-refractivity contribution in [1.82, 2.24) is 5.32 Å². The fourth-order valence-electron chi connectivity index (χ4n) is 4.62. The van der Waals surface area contributed by atoms with Crippen LogP contribution in [0.1, 0.15) is 29.2 Å². The zero-order valence-electron chi connectivity index (χ0n) is 22.3. The summed E-state index contributed by atoms with van der Waals surface area (Å²) in [5.41, 5.74) is 3.81. The van der Waals surface area contributed by atoms with Gasteiger partial charge in [0.05, 0.1) is 12.3 Å². The van der Waals surface area contributed by atoms with E-state index in [1.165, 1.54) is 6.08 Å². The van der Waals surface area contributed by atoms with Crippen LogP contribution in [0.4, 0.5) is 10.5 Å². The van der Waals surface area contributed by atoms with Gasteiger partial charge in [-0.2, -0.15) is 0 Å². The molecule has 1 N–H and O–H groups in total. The van der Waals surface area contributed by atoms with Crippen molar-refractivity contribution in [1.29, 1.82) is 0 Å². The third-order valence-corrected chi connectivity index (χ3v) is 7.62. The van der Waals surface area contributed by atoms with Crippen LogP contribution in [0.2, 0.25) is 0 Å². The zero-order valence-corrected chi connectivity index (χ0v) is 23.9. The Morgan fingerprint density at radius 1 is 0.875 bits per heavy atom. The SMILES string of the molecule is CCOc1cc(/C=C2/C(=O)NC(=O)N(c3ccc(Br)c(C)c3)C2=O)ccc1OCc1c(C)ccc2ccccc12. The predicted molar refractivity (Wildman–Crippen MR) is 159 cm³/mol. The number of hydrogen-bond donors (Lipinski definition) is 1. The van der Waals surface area contributed by atoms with Crippen molar-refractivity contribution in [2.75, 3.05) is 11.5 Å². The summed E-state index contributed by atoms with van der Waals surface area (Å²) >= 11 is 3.42. The van der Waals surface area contributed by atoms with Crippen molar-refractivity contribution in [3.63, 3.8) is 0 Å². The number of rotatable bonds is 7. The molecule has 1 fully saturated rings. The fourth-order valence-corrected chi connectivity index (χ4v) is 4.86. The van der Waals surface area contributed by atoms with Crippen LogP contribution < -0.4 is 19.7 Å². The minimum absolute atomic E-state index is 0.164. The predicted octanol–water partition coefficient (Wildman–Crippen LogP) is 6.86. The molecule has 1 aliphatic rings. The monoisotopic (exact) mass is 598 g/mol. The first-order valence-electron chi connectivity index (χ1n) is 12.8. The van der Waals surface area contributed by atoms with E-state index < -0.39 is 17.8 Å². The lowest BCUT2D eigenvalue weighted by molar-refractivity contribution is -0.122. The van der Waals surface area contributed by atoms with Crippen LogP contribution in [0.15, 0.2) is 82.8 Å². The molecule has 4 amide bonds. The van der Waals surface area contributed by atoms with Gasteiger partial charge >= 0.3 is 6.03 Å². The summed E-state index contributed by atoms with van der Waals surface area (Å²) in [6, 6.07) is 21.8. The second-order valence-corrected chi connectivity index (χ2v) is 10.3. The normalized spacial score (nSPS) is 14.6. The van der Waals surface area contributed by atoms with Gasteiger partial charge in [-0.15, -0.1) is 0 Å². The standard InChI is InChI=1S/C32H27BrN2O5/c1-4-39-29-17-21(10-14-28(29)40-18-26-19(2)9-11-22-7-5-6-8-24(22)26)16-25-30(36)34-32(38)35(31(25)37)23-12-13-27(33)20(3)15-23/h5-17H,4,18H2,1-3H3,(H,34,36,38)/b25-16-. The lowest BCUT2D eigenvalue weighted by Gasteiger charge is -2.26. The van der Waals surface area contributed by atoms with Crippen molar-refractivity contribution >= 4 is 56.3 Å². The van der Waals surface area contributed by atoms with Crippen LogP contribution in [-0.2, 0) is 16.2 Å². The number of halogens is 1. The van der Waals surface area contributed by atoms with Gasteiger partial charge in [0.25, 0.3) is 11.8 Å². The van der Waals surface area contributed by atoms with E-state index in [0.717, 1.165) is 36.8 Å². The fraction of sp³-hybridized carbons (Fsp3) is 0.156. The molecule has 0 bridgehead atoms. The average Bonchev–Trinajstić information content (AvgIpc) is 2.93. The lowest BCUT2D eigenvalue weighted by Crippen LogP contribution is -2.54. The summed E-state index contributed by atoms with van der Waals surface area (Å²) < 4.78 is 12.9. The second kappa shape index (κ2) is 11.4. The van der Waals surface area contributed by atoms with E-state index in [4.69, 9.17) is 9.47 Å². The Labute approximate surface area is 240 Å². The first kappa shape index (κ1) is 27.1. The summed E-state index contributed by atoms with van der Waals surface area (Å²) in [6.45, 7) is 6.51. The highest BCUT2D eigenvalue weighted by molar-refractivity contribution is 9.10. The average molecular weight is 599 g/mol. The summed E-state index contributed by atoms with van der Waals surface area (Å²) in [5, 5.41) is 4.53. The number of carbonyl (C=O) groups excluding carboxylic acids is 3. The number of hydrogen-bond acceptors (Lipinski definition) is 5. The van der Waals surface area contributed by atoms with E-state index in [1.54, 1.807) is 36.4 Å². The third kappa shape index (κ3) is 5.35. The summed E-state index contributed by atoms with van der Waals surface area (Å²) in [5.74, 6) is -0.447. The Morgan fingerprint density at radius 2 is 1.68 bits per heavy atom. The van der Waals surface area contributed by atoms with Crippen LogP contribution in [0.5, 0.6) is 11.5 Å². The van der Waals surface area contributed by atoms with Gasteiger partial charge in [0, 0.05) is 10.0 Å². The van der Waals surface area contributed by atoms with Gasteiger partial charge < -0.3 is 9.47 Å². The van der Waals surface area contributed by atoms with Crippen molar-refractivity contribution in [3.8, 4) is 11.5 Å². The van der Waals surface area contributed by atoms with Gasteiger partial charge in [-0.1, -0.05) is 58.4 Å². The maximum Gasteiger partial charge on any atom is 0.335 e. The van der Waals surface area contributed by atoms with Crippen LogP contribution in [0.25, 0.3) is 16.8 Å². The van der Waals surface area contributed by atoms with E-state index in [0.29, 0.717) is 36.0 Å². The van der Waals surface area contributed by atoms with E-state index in [9.17, 15) is 14.4 Å². The largest absolute Gasteiger partial charge is 0.490 e. The minimum Gasteiger partial charge on any atom is -0.490 e. The molecule has 1 heterocycles. The molecular weight excluding hydrogens is 572 g/mol. The zero-order chi connectivity index (χ0) is 28.4. The first-order valence-corrected chi connectivity index (χ1v) is 13.6. The molecule has 40 heavy (non-hydrogen) atoms. The summed E-state index contributed by atoms with van der Waals surface area (Å²) in [4.78, 5) is 39.6. The number of anilines is 1. The Morgan fingerprint density at radius 3 is 2.45 bits per heavy atom. The number of aryl methyl sites for hydroxylation is 2. The molecule has 0 saturated carbocycles. The first-order chi connectivity index (χ1) is 19.3. The van der Waals surface area contributed by atoms with Gasteiger partial charge in [0.2, 0.25) is 0 Å².